The molecule has 0 spiro atoms. The normalized spacial score (nSPS) is 18.3. The van der Waals surface area contributed by atoms with Crippen LogP contribution >= 0.6 is 0 Å². The summed E-state index contributed by atoms with van der Waals surface area (Å²) in [5, 5.41) is 0. The first-order valence-corrected chi connectivity index (χ1v) is 10.6. The fourth-order valence-electron chi connectivity index (χ4n) is 3.40. The lowest BCUT2D eigenvalue weighted by Crippen LogP contribution is -2.38. The zero-order chi connectivity index (χ0) is 21.1. The van der Waals surface area contributed by atoms with Gasteiger partial charge >= 0.3 is 0 Å². The molecule has 0 amide bonds. The Morgan fingerprint density at radius 1 is 0.613 bits per heavy atom. The molecule has 31 heavy (non-hydrogen) atoms. The van der Waals surface area contributed by atoms with Gasteiger partial charge in [0, 0.05) is 0 Å². The summed E-state index contributed by atoms with van der Waals surface area (Å²) in [6.45, 7) is 2.43. The maximum atomic E-state index is 6.23. The quantitative estimate of drug-likeness (QED) is 0.450. The molecule has 0 aliphatic carbocycles. The molecule has 0 saturated carbocycles. The molecule has 0 radical (unpaired) electrons. The van der Waals surface area contributed by atoms with Crippen molar-refractivity contribution in [2.75, 3.05) is 13.2 Å². The molecule has 2 atom stereocenters. The molecular formula is C27H28O4. The fraction of sp³-hybridized carbons (Fsp3) is 0.259. The number of rotatable bonds is 10. The first-order chi connectivity index (χ1) is 15.4. The lowest BCUT2D eigenvalue weighted by atomic mass is 10.1. The van der Waals surface area contributed by atoms with Crippen LogP contribution in [0.25, 0.3) is 0 Å². The minimum atomic E-state index is -0.201. The maximum Gasteiger partial charge on any atom is 0.122 e. The summed E-state index contributed by atoms with van der Waals surface area (Å²) >= 11 is 0. The Hall–Kier alpha value is -2.92. The van der Waals surface area contributed by atoms with Crippen molar-refractivity contribution in [1.82, 2.24) is 0 Å². The van der Waals surface area contributed by atoms with E-state index in [0.29, 0.717) is 33.0 Å². The first kappa shape index (κ1) is 21.3. The number of hydrogen-bond acceptors (Lipinski definition) is 4. The Balaban J connectivity index is 1.36. The highest BCUT2D eigenvalue weighted by molar-refractivity contribution is 5.16. The van der Waals surface area contributed by atoms with Crippen LogP contribution in [0.1, 0.15) is 16.7 Å². The van der Waals surface area contributed by atoms with E-state index in [1.54, 1.807) is 0 Å². The van der Waals surface area contributed by atoms with Gasteiger partial charge in [-0.3, -0.25) is 0 Å². The molecule has 0 saturated heterocycles. The van der Waals surface area contributed by atoms with Gasteiger partial charge in [0.15, 0.2) is 0 Å². The van der Waals surface area contributed by atoms with Crippen molar-refractivity contribution < 1.29 is 18.9 Å². The highest BCUT2D eigenvalue weighted by Crippen LogP contribution is 2.21. The van der Waals surface area contributed by atoms with E-state index in [1.165, 1.54) is 0 Å². The molecule has 4 heteroatoms. The van der Waals surface area contributed by atoms with Gasteiger partial charge in [0.1, 0.15) is 31.2 Å². The smallest absolute Gasteiger partial charge is 0.122 e. The van der Waals surface area contributed by atoms with Crippen molar-refractivity contribution in [2.24, 2.45) is 0 Å². The maximum absolute atomic E-state index is 6.23. The molecule has 160 valence electrons. The standard InChI is InChI=1S/C27H28O4/c1-4-10-22(11-5-1)17-28-20-25-16-26(30-18-23-12-6-2-7-13-23)27(21-29-25)31-19-24-14-8-3-9-15-24/h1-16,26-27H,17-21H2/t26-,27-/m0/s1. The van der Waals surface area contributed by atoms with Gasteiger partial charge in [0.25, 0.3) is 0 Å². The molecule has 0 aromatic heterocycles. The summed E-state index contributed by atoms with van der Waals surface area (Å²) in [4.78, 5) is 0. The lowest BCUT2D eigenvalue weighted by molar-refractivity contribution is -0.106. The average Bonchev–Trinajstić information content (AvgIpc) is 2.84. The number of benzene rings is 3. The van der Waals surface area contributed by atoms with Crippen LogP contribution in [-0.4, -0.2) is 25.4 Å². The van der Waals surface area contributed by atoms with E-state index in [-0.39, 0.29) is 12.2 Å². The van der Waals surface area contributed by atoms with Gasteiger partial charge in [-0.1, -0.05) is 91.0 Å². The van der Waals surface area contributed by atoms with Crippen LogP contribution in [0, 0.1) is 0 Å². The van der Waals surface area contributed by atoms with E-state index >= 15 is 0 Å². The topological polar surface area (TPSA) is 36.9 Å². The summed E-state index contributed by atoms with van der Waals surface area (Å²) in [5.41, 5.74) is 3.40. The molecule has 1 aliphatic rings. The molecular weight excluding hydrogens is 388 g/mol. The summed E-state index contributed by atoms with van der Waals surface area (Å²) in [5.74, 6) is 0.786. The molecule has 4 nitrogen and oxygen atoms in total. The summed E-state index contributed by atoms with van der Waals surface area (Å²) in [7, 11) is 0. The average molecular weight is 417 g/mol. The zero-order valence-electron chi connectivity index (χ0n) is 17.6. The highest BCUT2D eigenvalue weighted by Gasteiger charge is 2.28. The van der Waals surface area contributed by atoms with Crippen molar-refractivity contribution in [3.63, 3.8) is 0 Å². The zero-order valence-corrected chi connectivity index (χ0v) is 17.6. The van der Waals surface area contributed by atoms with Gasteiger partial charge in [0.2, 0.25) is 0 Å². The monoisotopic (exact) mass is 416 g/mol. The van der Waals surface area contributed by atoms with Crippen molar-refractivity contribution in [1.29, 1.82) is 0 Å². The molecule has 3 aromatic carbocycles. The Bertz CT molecular complexity index is 925. The van der Waals surface area contributed by atoms with Gasteiger partial charge in [-0.2, -0.15) is 0 Å². The van der Waals surface area contributed by atoms with Crippen LogP contribution in [0.5, 0.6) is 0 Å². The Kier molecular flexibility index (Phi) is 7.88. The van der Waals surface area contributed by atoms with Crippen molar-refractivity contribution >= 4 is 0 Å². The van der Waals surface area contributed by atoms with Gasteiger partial charge in [-0.25, -0.2) is 0 Å². The molecule has 0 unspecified atom stereocenters. The first-order valence-electron chi connectivity index (χ1n) is 10.6. The molecule has 0 bridgehead atoms. The van der Waals surface area contributed by atoms with E-state index in [1.807, 2.05) is 60.7 Å². The predicted octanol–water partition coefficient (Wildman–Crippen LogP) is 5.29. The van der Waals surface area contributed by atoms with E-state index in [4.69, 9.17) is 18.9 Å². The van der Waals surface area contributed by atoms with Crippen LogP contribution in [0.4, 0.5) is 0 Å². The van der Waals surface area contributed by atoms with Crippen LogP contribution in [0.2, 0.25) is 0 Å². The highest BCUT2D eigenvalue weighted by atomic mass is 16.6. The molecule has 3 aromatic rings. The van der Waals surface area contributed by atoms with Crippen LogP contribution < -0.4 is 0 Å². The van der Waals surface area contributed by atoms with Crippen LogP contribution in [0.3, 0.4) is 0 Å². The lowest BCUT2D eigenvalue weighted by Gasteiger charge is -2.30. The van der Waals surface area contributed by atoms with Crippen molar-refractivity contribution in [3.8, 4) is 0 Å². The van der Waals surface area contributed by atoms with E-state index < -0.39 is 0 Å². The van der Waals surface area contributed by atoms with Crippen molar-refractivity contribution in [2.45, 2.75) is 32.0 Å². The Morgan fingerprint density at radius 2 is 1.13 bits per heavy atom. The van der Waals surface area contributed by atoms with E-state index in [0.717, 1.165) is 22.4 Å². The van der Waals surface area contributed by atoms with E-state index in [9.17, 15) is 0 Å². The predicted molar refractivity (Wildman–Crippen MR) is 120 cm³/mol. The second kappa shape index (κ2) is 11.5. The molecule has 0 fully saturated rings. The summed E-state index contributed by atoms with van der Waals surface area (Å²) in [6.07, 6.45) is 1.61. The second-order valence-electron chi connectivity index (χ2n) is 7.52. The second-order valence-corrected chi connectivity index (χ2v) is 7.52. The fourth-order valence-corrected chi connectivity index (χ4v) is 3.40. The van der Waals surface area contributed by atoms with Crippen LogP contribution in [0.15, 0.2) is 103 Å². The van der Waals surface area contributed by atoms with Gasteiger partial charge in [-0.05, 0) is 22.8 Å². The SMILES string of the molecule is C1=C(COCc2ccccc2)OC[C@H](OCc2ccccc2)[C@H]1OCc1ccccc1. The minimum absolute atomic E-state index is 0.179. The van der Waals surface area contributed by atoms with Gasteiger partial charge in [0.05, 0.1) is 19.8 Å². The molecule has 0 N–H and O–H groups in total. The summed E-state index contributed by atoms with van der Waals surface area (Å²) < 4.78 is 24.2. The summed E-state index contributed by atoms with van der Waals surface area (Å²) in [6, 6.07) is 30.4. The molecule has 1 aliphatic heterocycles. The Morgan fingerprint density at radius 3 is 1.71 bits per heavy atom. The largest absolute Gasteiger partial charge is 0.493 e. The van der Waals surface area contributed by atoms with Gasteiger partial charge < -0.3 is 18.9 Å². The molecule has 1 heterocycles. The number of ether oxygens (including phenoxy) is 4. The third kappa shape index (κ3) is 6.79. The molecule has 4 rings (SSSR count). The van der Waals surface area contributed by atoms with Crippen molar-refractivity contribution in [3.05, 3.63) is 120 Å². The minimum Gasteiger partial charge on any atom is -0.493 e. The number of hydrogen-bond donors (Lipinski definition) is 0. The third-order valence-electron chi connectivity index (χ3n) is 5.10. The van der Waals surface area contributed by atoms with E-state index in [2.05, 4.69) is 36.4 Å². The van der Waals surface area contributed by atoms with Crippen LogP contribution in [-0.2, 0) is 38.8 Å². The van der Waals surface area contributed by atoms with Gasteiger partial charge in [-0.15, -0.1) is 0 Å². The Labute approximate surface area is 184 Å². The third-order valence-corrected chi connectivity index (χ3v) is 5.10.